The first-order chi connectivity index (χ1) is 8.97. The van der Waals surface area contributed by atoms with Gasteiger partial charge in [-0.15, -0.1) is 0 Å². The summed E-state index contributed by atoms with van der Waals surface area (Å²) < 4.78 is 0. The van der Waals surface area contributed by atoms with E-state index < -0.39 is 6.10 Å². The average Bonchev–Trinajstić information content (AvgIpc) is 2.37. The Hall–Kier alpha value is -1.60. The minimum atomic E-state index is -0.429. The van der Waals surface area contributed by atoms with Crippen LogP contribution in [0.5, 0.6) is 0 Å². The molecule has 1 atom stereocenters. The standard InChI is InChI=1S/C18H22O/c1-12-5-7-16(9-14(12)3)11-18(19)17-8-6-13(2)15(4)10-17/h5-10,18-19H,11H2,1-4H3. The molecule has 1 heteroatoms. The molecule has 0 heterocycles. The van der Waals surface area contributed by atoms with E-state index in [1.807, 2.05) is 6.07 Å². The summed E-state index contributed by atoms with van der Waals surface area (Å²) in [6.07, 6.45) is 0.241. The molecule has 0 aliphatic heterocycles. The van der Waals surface area contributed by atoms with E-state index in [-0.39, 0.29) is 0 Å². The van der Waals surface area contributed by atoms with Crippen LogP contribution in [0, 0.1) is 27.7 Å². The first-order valence-electron chi connectivity index (χ1n) is 6.78. The second-order valence-corrected chi connectivity index (χ2v) is 5.48. The maximum absolute atomic E-state index is 10.3. The van der Waals surface area contributed by atoms with Crippen molar-refractivity contribution >= 4 is 0 Å². The molecule has 0 aromatic heterocycles. The fourth-order valence-corrected chi connectivity index (χ4v) is 2.24. The highest BCUT2D eigenvalue weighted by Gasteiger charge is 2.10. The van der Waals surface area contributed by atoms with E-state index in [9.17, 15) is 5.11 Å². The molecule has 1 unspecified atom stereocenters. The van der Waals surface area contributed by atoms with Crippen molar-refractivity contribution in [3.63, 3.8) is 0 Å². The SMILES string of the molecule is Cc1ccc(CC(O)c2ccc(C)c(C)c2)cc1C. The van der Waals surface area contributed by atoms with Gasteiger partial charge in [-0.3, -0.25) is 0 Å². The summed E-state index contributed by atoms with van der Waals surface area (Å²) in [5.41, 5.74) is 7.27. The number of rotatable bonds is 3. The van der Waals surface area contributed by atoms with Gasteiger partial charge in [-0.1, -0.05) is 36.4 Å². The number of aliphatic hydroxyl groups is 1. The minimum absolute atomic E-state index is 0.429. The van der Waals surface area contributed by atoms with Crippen LogP contribution in [0.25, 0.3) is 0 Å². The highest BCUT2D eigenvalue weighted by atomic mass is 16.3. The molecule has 1 N–H and O–H groups in total. The van der Waals surface area contributed by atoms with Crippen molar-refractivity contribution in [2.24, 2.45) is 0 Å². The summed E-state index contributed by atoms with van der Waals surface area (Å²) in [7, 11) is 0. The van der Waals surface area contributed by atoms with Crippen molar-refractivity contribution in [3.8, 4) is 0 Å². The average molecular weight is 254 g/mol. The fraction of sp³-hybridized carbons (Fsp3) is 0.333. The first-order valence-corrected chi connectivity index (χ1v) is 6.78. The Morgan fingerprint density at radius 3 is 1.95 bits per heavy atom. The van der Waals surface area contributed by atoms with Crippen molar-refractivity contribution in [1.82, 2.24) is 0 Å². The Balaban J connectivity index is 2.17. The maximum atomic E-state index is 10.3. The Morgan fingerprint density at radius 1 is 0.789 bits per heavy atom. The second kappa shape index (κ2) is 5.58. The Bertz CT molecular complexity index is 584. The lowest BCUT2D eigenvalue weighted by Gasteiger charge is -2.14. The molecule has 2 aromatic carbocycles. The number of aliphatic hydroxyl groups excluding tert-OH is 1. The highest BCUT2D eigenvalue weighted by Crippen LogP contribution is 2.22. The molecule has 100 valence electrons. The predicted molar refractivity (Wildman–Crippen MR) is 80.5 cm³/mol. The van der Waals surface area contributed by atoms with E-state index in [2.05, 4.69) is 58.0 Å². The third kappa shape index (κ3) is 3.24. The van der Waals surface area contributed by atoms with Crippen molar-refractivity contribution in [2.75, 3.05) is 0 Å². The summed E-state index contributed by atoms with van der Waals surface area (Å²) in [6, 6.07) is 12.6. The third-order valence-electron chi connectivity index (χ3n) is 3.92. The normalized spacial score (nSPS) is 12.5. The van der Waals surface area contributed by atoms with Gasteiger partial charge in [0.1, 0.15) is 0 Å². The van der Waals surface area contributed by atoms with E-state index in [1.165, 1.54) is 27.8 Å². The van der Waals surface area contributed by atoms with E-state index in [4.69, 9.17) is 0 Å². The molecule has 0 radical (unpaired) electrons. The Labute approximate surface area is 115 Å². The van der Waals surface area contributed by atoms with Crippen LogP contribution in [0.2, 0.25) is 0 Å². The van der Waals surface area contributed by atoms with Crippen molar-refractivity contribution in [1.29, 1.82) is 0 Å². The van der Waals surface area contributed by atoms with Gasteiger partial charge in [0.05, 0.1) is 6.10 Å². The van der Waals surface area contributed by atoms with Crippen molar-refractivity contribution in [3.05, 3.63) is 69.8 Å². The van der Waals surface area contributed by atoms with Gasteiger partial charge in [0.2, 0.25) is 0 Å². The van der Waals surface area contributed by atoms with Crippen LogP contribution in [-0.2, 0) is 6.42 Å². The van der Waals surface area contributed by atoms with Gasteiger partial charge in [-0.2, -0.15) is 0 Å². The minimum Gasteiger partial charge on any atom is -0.388 e. The van der Waals surface area contributed by atoms with Crippen LogP contribution in [0.15, 0.2) is 36.4 Å². The maximum Gasteiger partial charge on any atom is 0.0830 e. The van der Waals surface area contributed by atoms with Crippen LogP contribution in [0.1, 0.15) is 39.5 Å². The highest BCUT2D eigenvalue weighted by molar-refractivity contribution is 5.34. The Kier molecular flexibility index (Phi) is 4.06. The van der Waals surface area contributed by atoms with Gasteiger partial charge in [-0.25, -0.2) is 0 Å². The molecule has 0 fully saturated rings. The summed E-state index contributed by atoms with van der Waals surface area (Å²) in [5.74, 6) is 0. The van der Waals surface area contributed by atoms with Gasteiger partial charge in [0, 0.05) is 6.42 Å². The largest absolute Gasteiger partial charge is 0.388 e. The van der Waals surface area contributed by atoms with E-state index in [1.54, 1.807) is 0 Å². The zero-order chi connectivity index (χ0) is 14.0. The van der Waals surface area contributed by atoms with Crippen molar-refractivity contribution < 1.29 is 5.11 Å². The van der Waals surface area contributed by atoms with Gasteiger partial charge < -0.3 is 5.11 Å². The van der Waals surface area contributed by atoms with Crippen LogP contribution < -0.4 is 0 Å². The van der Waals surface area contributed by atoms with Crippen LogP contribution >= 0.6 is 0 Å². The molecule has 0 aliphatic carbocycles. The van der Waals surface area contributed by atoms with E-state index in [0.717, 1.165) is 5.56 Å². The molecule has 2 rings (SSSR count). The van der Waals surface area contributed by atoms with Crippen LogP contribution in [-0.4, -0.2) is 5.11 Å². The summed E-state index contributed by atoms with van der Waals surface area (Å²) >= 11 is 0. The monoisotopic (exact) mass is 254 g/mol. The quantitative estimate of drug-likeness (QED) is 0.870. The summed E-state index contributed by atoms with van der Waals surface area (Å²) in [5, 5.41) is 10.3. The lowest BCUT2D eigenvalue weighted by molar-refractivity contribution is 0.178. The topological polar surface area (TPSA) is 20.2 Å². The van der Waals surface area contributed by atoms with Gasteiger partial charge in [0.15, 0.2) is 0 Å². The van der Waals surface area contributed by atoms with Gasteiger partial charge in [0.25, 0.3) is 0 Å². The lowest BCUT2D eigenvalue weighted by atomic mass is 9.96. The molecule has 19 heavy (non-hydrogen) atoms. The predicted octanol–water partition coefficient (Wildman–Crippen LogP) is 4.20. The van der Waals surface area contributed by atoms with Gasteiger partial charge >= 0.3 is 0 Å². The molecule has 0 aliphatic rings. The van der Waals surface area contributed by atoms with Crippen molar-refractivity contribution in [2.45, 2.75) is 40.2 Å². The third-order valence-corrected chi connectivity index (χ3v) is 3.92. The van der Waals surface area contributed by atoms with Crippen LogP contribution in [0.3, 0.4) is 0 Å². The Morgan fingerprint density at radius 2 is 1.37 bits per heavy atom. The van der Waals surface area contributed by atoms with Gasteiger partial charge in [-0.05, 0) is 61.1 Å². The number of hydrogen-bond donors (Lipinski definition) is 1. The second-order valence-electron chi connectivity index (χ2n) is 5.48. The zero-order valence-corrected chi connectivity index (χ0v) is 12.2. The fourth-order valence-electron chi connectivity index (χ4n) is 2.24. The molecule has 0 spiro atoms. The summed E-state index contributed by atoms with van der Waals surface area (Å²) in [6.45, 7) is 8.40. The lowest BCUT2D eigenvalue weighted by Crippen LogP contribution is -2.03. The zero-order valence-electron chi connectivity index (χ0n) is 12.2. The molecular weight excluding hydrogens is 232 g/mol. The molecule has 2 aromatic rings. The molecule has 0 amide bonds. The molecule has 1 nitrogen and oxygen atoms in total. The van der Waals surface area contributed by atoms with E-state index >= 15 is 0 Å². The first kappa shape index (κ1) is 13.8. The smallest absolute Gasteiger partial charge is 0.0830 e. The van der Waals surface area contributed by atoms with Crippen LogP contribution in [0.4, 0.5) is 0 Å². The molecule has 0 saturated carbocycles. The number of aryl methyl sites for hydroxylation is 4. The number of hydrogen-bond acceptors (Lipinski definition) is 1. The number of benzene rings is 2. The molecule has 0 bridgehead atoms. The molecule has 0 saturated heterocycles. The summed E-state index contributed by atoms with van der Waals surface area (Å²) in [4.78, 5) is 0. The van der Waals surface area contributed by atoms with E-state index in [0.29, 0.717) is 6.42 Å². The molecular formula is C18H22O.